The molecule has 0 atom stereocenters. The zero-order valence-electron chi connectivity index (χ0n) is 17.2. The van der Waals surface area contributed by atoms with Gasteiger partial charge < -0.3 is 10.6 Å². The van der Waals surface area contributed by atoms with Crippen LogP contribution in [0.3, 0.4) is 0 Å². The number of rotatable bonds is 16. The maximum atomic E-state index is 12.6. The van der Waals surface area contributed by atoms with E-state index >= 15 is 0 Å². The van der Waals surface area contributed by atoms with Crippen LogP contribution in [-0.2, 0) is 9.59 Å². The monoisotopic (exact) mass is 364 g/mol. The van der Waals surface area contributed by atoms with Crippen molar-refractivity contribution in [3.63, 3.8) is 0 Å². The van der Waals surface area contributed by atoms with Crippen LogP contribution in [0.1, 0.15) is 85.0 Å². The van der Waals surface area contributed by atoms with E-state index in [-0.39, 0.29) is 11.8 Å². The van der Waals surface area contributed by atoms with Crippen LogP contribution >= 0.6 is 0 Å². The molecule has 0 heterocycles. The van der Waals surface area contributed by atoms with E-state index in [1.807, 2.05) is 19.9 Å². The molecule has 4 heteroatoms. The van der Waals surface area contributed by atoms with Crippen LogP contribution in [0.4, 0.5) is 0 Å². The Balaban J connectivity index is 4.59. The van der Waals surface area contributed by atoms with Gasteiger partial charge in [-0.15, -0.1) is 6.58 Å². The highest BCUT2D eigenvalue weighted by atomic mass is 16.2. The summed E-state index contributed by atoms with van der Waals surface area (Å²) in [5, 5.41) is 5.63. The summed E-state index contributed by atoms with van der Waals surface area (Å²) < 4.78 is 0. The quantitative estimate of drug-likeness (QED) is 0.232. The molecule has 0 radical (unpaired) electrons. The Morgan fingerprint density at radius 1 is 0.808 bits per heavy atom. The number of carbonyl (C=O) groups is 2. The molecule has 2 amide bonds. The van der Waals surface area contributed by atoms with Gasteiger partial charge in [0, 0.05) is 13.1 Å². The van der Waals surface area contributed by atoms with Gasteiger partial charge in [-0.1, -0.05) is 63.7 Å². The van der Waals surface area contributed by atoms with Crippen molar-refractivity contribution in [2.45, 2.75) is 85.0 Å². The predicted octanol–water partition coefficient (Wildman–Crippen LogP) is 4.91. The molecule has 0 saturated carbocycles. The SMILES string of the molecule is C=CCC(C/C=C/CCCCCCCCC)(C(=O)NCC)C(=O)NCC. The van der Waals surface area contributed by atoms with E-state index < -0.39 is 5.41 Å². The second-order valence-corrected chi connectivity index (χ2v) is 6.88. The van der Waals surface area contributed by atoms with Gasteiger partial charge in [0.2, 0.25) is 11.8 Å². The molecule has 0 bridgehead atoms. The van der Waals surface area contributed by atoms with E-state index in [0.29, 0.717) is 25.9 Å². The van der Waals surface area contributed by atoms with Crippen molar-refractivity contribution in [1.29, 1.82) is 0 Å². The number of carbonyl (C=O) groups excluding carboxylic acids is 2. The van der Waals surface area contributed by atoms with Crippen LogP contribution in [0.15, 0.2) is 24.8 Å². The van der Waals surface area contributed by atoms with E-state index in [4.69, 9.17) is 0 Å². The minimum absolute atomic E-state index is 0.216. The Hall–Kier alpha value is -1.58. The molecule has 26 heavy (non-hydrogen) atoms. The summed E-state index contributed by atoms with van der Waals surface area (Å²) in [5.41, 5.74) is -1.09. The lowest BCUT2D eigenvalue weighted by Crippen LogP contribution is -2.51. The molecule has 0 aromatic heterocycles. The first-order chi connectivity index (χ1) is 12.6. The molecule has 0 aromatic rings. The minimum atomic E-state index is -1.09. The fraction of sp³-hybridized carbons (Fsp3) is 0.727. The predicted molar refractivity (Wildman–Crippen MR) is 111 cm³/mol. The number of amides is 2. The number of unbranched alkanes of at least 4 members (excludes halogenated alkanes) is 7. The molecule has 4 nitrogen and oxygen atoms in total. The van der Waals surface area contributed by atoms with Gasteiger partial charge in [-0.25, -0.2) is 0 Å². The van der Waals surface area contributed by atoms with Gasteiger partial charge in [-0.2, -0.15) is 0 Å². The molecule has 0 aliphatic rings. The third-order valence-electron chi connectivity index (χ3n) is 4.64. The van der Waals surface area contributed by atoms with Crippen molar-refractivity contribution in [2.24, 2.45) is 5.41 Å². The molecule has 0 rings (SSSR count). The molecule has 0 unspecified atom stereocenters. The first kappa shape index (κ1) is 24.4. The number of hydrogen-bond donors (Lipinski definition) is 2. The van der Waals surface area contributed by atoms with Crippen molar-refractivity contribution in [2.75, 3.05) is 13.1 Å². The van der Waals surface area contributed by atoms with Crippen LogP contribution in [0.25, 0.3) is 0 Å². The van der Waals surface area contributed by atoms with E-state index in [2.05, 4.69) is 30.2 Å². The Labute approximate surface area is 160 Å². The van der Waals surface area contributed by atoms with E-state index in [0.717, 1.165) is 6.42 Å². The van der Waals surface area contributed by atoms with Gasteiger partial charge in [0.25, 0.3) is 0 Å². The number of nitrogens with one attached hydrogen (secondary N) is 2. The summed E-state index contributed by atoms with van der Waals surface area (Å²) in [6.45, 7) is 10.7. The third-order valence-corrected chi connectivity index (χ3v) is 4.64. The van der Waals surface area contributed by atoms with Crippen LogP contribution in [0, 0.1) is 5.41 Å². The lowest BCUT2D eigenvalue weighted by Gasteiger charge is -2.29. The van der Waals surface area contributed by atoms with Crippen LogP contribution in [-0.4, -0.2) is 24.9 Å². The Kier molecular flexibility index (Phi) is 14.7. The maximum absolute atomic E-state index is 12.6. The summed E-state index contributed by atoms with van der Waals surface area (Å²) in [6, 6.07) is 0. The lowest BCUT2D eigenvalue weighted by molar-refractivity contribution is -0.143. The van der Waals surface area contributed by atoms with Gasteiger partial charge in [-0.05, 0) is 39.5 Å². The van der Waals surface area contributed by atoms with Crippen LogP contribution < -0.4 is 10.6 Å². The maximum Gasteiger partial charge on any atom is 0.236 e. The molecule has 0 saturated heterocycles. The van der Waals surface area contributed by atoms with E-state index in [1.165, 1.54) is 44.9 Å². The molecule has 2 N–H and O–H groups in total. The van der Waals surface area contributed by atoms with Crippen molar-refractivity contribution in [3.8, 4) is 0 Å². The normalized spacial score (nSPS) is 11.5. The number of hydrogen-bond acceptors (Lipinski definition) is 2. The molecule has 150 valence electrons. The fourth-order valence-electron chi connectivity index (χ4n) is 3.08. The second kappa shape index (κ2) is 15.7. The second-order valence-electron chi connectivity index (χ2n) is 6.88. The fourth-order valence-corrected chi connectivity index (χ4v) is 3.08. The van der Waals surface area contributed by atoms with Crippen molar-refractivity contribution >= 4 is 11.8 Å². The summed E-state index contributed by atoms with van der Waals surface area (Å²) in [4.78, 5) is 25.2. The Morgan fingerprint density at radius 2 is 1.35 bits per heavy atom. The molecular formula is C22H40N2O2. The minimum Gasteiger partial charge on any atom is -0.355 e. The highest BCUT2D eigenvalue weighted by molar-refractivity contribution is 6.05. The van der Waals surface area contributed by atoms with Gasteiger partial charge >= 0.3 is 0 Å². The zero-order chi connectivity index (χ0) is 19.7. The van der Waals surface area contributed by atoms with Crippen LogP contribution in [0.2, 0.25) is 0 Å². The van der Waals surface area contributed by atoms with Crippen molar-refractivity contribution in [1.82, 2.24) is 10.6 Å². The van der Waals surface area contributed by atoms with E-state index in [1.54, 1.807) is 6.08 Å². The highest BCUT2D eigenvalue weighted by Crippen LogP contribution is 2.29. The molecule has 0 spiro atoms. The zero-order valence-corrected chi connectivity index (χ0v) is 17.2. The molecular weight excluding hydrogens is 324 g/mol. The van der Waals surface area contributed by atoms with Gasteiger partial charge in [0.15, 0.2) is 0 Å². The van der Waals surface area contributed by atoms with Gasteiger partial charge in [-0.3, -0.25) is 9.59 Å². The van der Waals surface area contributed by atoms with Gasteiger partial charge in [0.1, 0.15) is 5.41 Å². The summed E-state index contributed by atoms with van der Waals surface area (Å²) >= 11 is 0. The molecule has 0 fully saturated rings. The molecule has 0 aromatic carbocycles. The number of allylic oxidation sites excluding steroid dienone is 3. The Morgan fingerprint density at radius 3 is 1.85 bits per heavy atom. The smallest absolute Gasteiger partial charge is 0.236 e. The first-order valence-electron chi connectivity index (χ1n) is 10.4. The summed E-state index contributed by atoms with van der Waals surface area (Å²) in [6.07, 6.45) is 16.5. The molecule has 0 aliphatic heterocycles. The average Bonchev–Trinajstić information content (AvgIpc) is 2.62. The largest absolute Gasteiger partial charge is 0.355 e. The Bertz CT molecular complexity index is 412. The summed E-state index contributed by atoms with van der Waals surface area (Å²) in [5.74, 6) is -0.433. The average molecular weight is 365 g/mol. The van der Waals surface area contributed by atoms with Crippen molar-refractivity contribution < 1.29 is 9.59 Å². The highest BCUT2D eigenvalue weighted by Gasteiger charge is 2.43. The lowest BCUT2D eigenvalue weighted by atomic mass is 9.78. The van der Waals surface area contributed by atoms with Crippen molar-refractivity contribution in [3.05, 3.63) is 24.8 Å². The summed E-state index contributed by atoms with van der Waals surface area (Å²) in [7, 11) is 0. The topological polar surface area (TPSA) is 58.2 Å². The van der Waals surface area contributed by atoms with Crippen LogP contribution in [0.5, 0.6) is 0 Å². The van der Waals surface area contributed by atoms with Gasteiger partial charge in [0.05, 0.1) is 0 Å². The first-order valence-corrected chi connectivity index (χ1v) is 10.4. The molecule has 0 aliphatic carbocycles. The third kappa shape index (κ3) is 9.21. The standard InChI is InChI=1S/C22H40N2O2/c1-5-9-10-11-12-13-14-15-16-17-19-22(18-6-2,20(25)23-7-3)21(26)24-8-4/h6,16-17H,2,5,7-15,18-19H2,1,3-4H3,(H,23,25)(H,24,26)/b17-16+. The van der Waals surface area contributed by atoms with E-state index in [9.17, 15) is 9.59 Å².